The molecule has 1 N–H and O–H groups in total. The number of nitrogens with one attached hydrogen (secondary N) is 1. The normalized spacial score (nSPS) is 14.8. The van der Waals surface area contributed by atoms with Crippen LogP contribution in [0.4, 0.5) is 0 Å². The molecule has 0 heterocycles. The smallest absolute Gasteiger partial charge is 0.00817 e. The van der Waals surface area contributed by atoms with E-state index < -0.39 is 0 Å². The van der Waals surface area contributed by atoms with Gasteiger partial charge in [-0.25, -0.2) is 0 Å². The molecule has 0 aliphatic rings. The zero-order valence-corrected chi connectivity index (χ0v) is 12.7. The maximum Gasteiger partial charge on any atom is 0.00817 e. The van der Waals surface area contributed by atoms with Crippen molar-refractivity contribution in [3.05, 3.63) is 35.4 Å². The van der Waals surface area contributed by atoms with Gasteiger partial charge in [0.1, 0.15) is 0 Å². The molecule has 1 aromatic carbocycles. The van der Waals surface area contributed by atoms with Gasteiger partial charge in [-0.15, -0.1) is 0 Å². The van der Waals surface area contributed by atoms with Crippen LogP contribution >= 0.6 is 0 Å². The Balaban J connectivity index is 2.37. The second kappa shape index (κ2) is 7.58. The van der Waals surface area contributed by atoms with Gasteiger partial charge in [0, 0.05) is 12.1 Å². The Morgan fingerprint density at radius 1 is 0.944 bits per heavy atom. The second-order valence-electron chi connectivity index (χ2n) is 6.07. The van der Waals surface area contributed by atoms with E-state index in [1.807, 2.05) is 0 Å². The first-order chi connectivity index (χ1) is 8.49. The van der Waals surface area contributed by atoms with Crippen molar-refractivity contribution in [3.63, 3.8) is 0 Å². The van der Waals surface area contributed by atoms with Crippen molar-refractivity contribution in [2.75, 3.05) is 0 Å². The summed E-state index contributed by atoms with van der Waals surface area (Å²) in [4.78, 5) is 0. The van der Waals surface area contributed by atoms with Gasteiger partial charge < -0.3 is 5.32 Å². The average molecular weight is 247 g/mol. The van der Waals surface area contributed by atoms with E-state index in [-0.39, 0.29) is 0 Å². The summed E-state index contributed by atoms with van der Waals surface area (Å²) < 4.78 is 0. The highest BCUT2D eigenvalue weighted by atomic mass is 14.9. The van der Waals surface area contributed by atoms with Gasteiger partial charge in [0.05, 0.1) is 0 Å². The first-order valence-electron chi connectivity index (χ1n) is 7.29. The van der Waals surface area contributed by atoms with E-state index >= 15 is 0 Å². The molecule has 1 heteroatoms. The summed E-state index contributed by atoms with van der Waals surface area (Å²) in [6.07, 6.45) is 3.71. The fourth-order valence-electron chi connectivity index (χ4n) is 2.38. The van der Waals surface area contributed by atoms with Crippen molar-refractivity contribution in [2.24, 2.45) is 5.92 Å². The molecule has 2 atom stereocenters. The summed E-state index contributed by atoms with van der Waals surface area (Å²) in [6.45, 7) is 11.4. The van der Waals surface area contributed by atoms with Crippen LogP contribution in [0, 0.1) is 12.8 Å². The third kappa shape index (κ3) is 5.68. The van der Waals surface area contributed by atoms with Gasteiger partial charge in [0.25, 0.3) is 0 Å². The van der Waals surface area contributed by atoms with Crippen molar-refractivity contribution in [3.8, 4) is 0 Å². The van der Waals surface area contributed by atoms with Crippen LogP contribution < -0.4 is 5.32 Å². The Hall–Kier alpha value is -0.820. The predicted molar refractivity (Wildman–Crippen MR) is 81.0 cm³/mol. The van der Waals surface area contributed by atoms with E-state index in [9.17, 15) is 0 Å². The van der Waals surface area contributed by atoms with Crippen LogP contribution in [0.1, 0.15) is 51.7 Å². The number of benzene rings is 1. The molecule has 0 radical (unpaired) electrons. The van der Waals surface area contributed by atoms with E-state index in [2.05, 4.69) is 64.2 Å². The van der Waals surface area contributed by atoms with Crippen LogP contribution in [0.3, 0.4) is 0 Å². The Morgan fingerprint density at radius 2 is 1.61 bits per heavy atom. The quantitative estimate of drug-likeness (QED) is 0.755. The van der Waals surface area contributed by atoms with Crippen molar-refractivity contribution in [1.82, 2.24) is 5.32 Å². The SMILES string of the molecule is Cc1ccccc1CC(C)NC(C)CCC(C)C. The summed E-state index contributed by atoms with van der Waals surface area (Å²) in [5.41, 5.74) is 2.87. The first kappa shape index (κ1) is 15.2. The largest absolute Gasteiger partial charge is 0.311 e. The zero-order chi connectivity index (χ0) is 13.5. The van der Waals surface area contributed by atoms with Crippen LogP contribution in [0.2, 0.25) is 0 Å². The monoisotopic (exact) mass is 247 g/mol. The average Bonchev–Trinajstić information content (AvgIpc) is 2.29. The zero-order valence-electron chi connectivity index (χ0n) is 12.7. The van der Waals surface area contributed by atoms with Gasteiger partial charge in [-0.1, -0.05) is 38.1 Å². The second-order valence-corrected chi connectivity index (χ2v) is 6.07. The molecule has 0 aliphatic carbocycles. The predicted octanol–water partition coefficient (Wildman–Crippen LogP) is 4.34. The maximum absolute atomic E-state index is 3.71. The van der Waals surface area contributed by atoms with E-state index in [0.717, 1.165) is 12.3 Å². The Labute approximate surface area is 113 Å². The molecular formula is C17H29N. The van der Waals surface area contributed by atoms with Crippen LogP contribution in [0.15, 0.2) is 24.3 Å². The highest BCUT2D eigenvalue weighted by Gasteiger charge is 2.09. The van der Waals surface area contributed by atoms with Crippen LogP contribution in [-0.2, 0) is 6.42 Å². The third-order valence-electron chi connectivity index (χ3n) is 3.53. The lowest BCUT2D eigenvalue weighted by Crippen LogP contribution is -2.36. The molecule has 18 heavy (non-hydrogen) atoms. The topological polar surface area (TPSA) is 12.0 Å². The van der Waals surface area contributed by atoms with Gasteiger partial charge >= 0.3 is 0 Å². The molecule has 1 nitrogen and oxygen atoms in total. The maximum atomic E-state index is 3.71. The number of rotatable bonds is 7. The minimum absolute atomic E-state index is 0.549. The molecule has 1 aromatic rings. The fourth-order valence-corrected chi connectivity index (χ4v) is 2.38. The standard InChI is InChI=1S/C17H29N/c1-13(2)10-11-15(4)18-16(5)12-17-9-7-6-8-14(17)3/h6-9,13,15-16,18H,10-12H2,1-5H3. The van der Waals surface area contributed by atoms with Gasteiger partial charge in [-0.05, 0) is 57.1 Å². The highest BCUT2D eigenvalue weighted by Crippen LogP contribution is 2.11. The molecule has 0 amide bonds. The number of aryl methyl sites for hydroxylation is 1. The van der Waals surface area contributed by atoms with E-state index in [0.29, 0.717) is 12.1 Å². The first-order valence-corrected chi connectivity index (χ1v) is 7.29. The molecule has 0 saturated heterocycles. The molecule has 0 aliphatic heterocycles. The summed E-state index contributed by atoms with van der Waals surface area (Å²) in [5, 5.41) is 3.71. The molecule has 1 rings (SSSR count). The minimum Gasteiger partial charge on any atom is -0.311 e. The Morgan fingerprint density at radius 3 is 2.22 bits per heavy atom. The van der Waals surface area contributed by atoms with Gasteiger partial charge in [-0.3, -0.25) is 0 Å². The van der Waals surface area contributed by atoms with E-state index in [4.69, 9.17) is 0 Å². The van der Waals surface area contributed by atoms with Crippen molar-refractivity contribution in [1.29, 1.82) is 0 Å². The lowest BCUT2D eigenvalue weighted by molar-refractivity contribution is 0.409. The lowest BCUT2D eigenvalue weighted by Gasteiger charge is -2.21. The molecular weight excluding hydrogens is 218 g/mol. The molecule has 102 valence electrons. The van der Waals surface area contributed by atoms with Crippen LogP contribution in [0.25, 0.3) is 0 Å². The molecule has 0 bridgehead atoms. The summed E-state index contributed by atoms with van der Waals surface area (Å²) in [7, 11) is 0. The molecule has 0 aromatic heterocycles. The summed E-state index contributed by atoms with van der Waals surface area (Å²) >= 11 is 0. The number of hydrogen-bond donors (Lipinski definition) is 1. The molecule has 0 fully saturated rings. The van der Waals surface area contributed by atoms with E-state index in [1.54, 1.807) is 0 Å². The molecule has 2 unspecified atom stereocenters. The molecule has 0 spiro atoms. The van der Waals surface area contributed by atoms with Gasteiger partial charge in [0.2, 0.25) is 0 Å². The highest BCUT2D eigenvalue weighted by molar-refractivity contribution is 5.26. The van der Waals surface area contributed by atoms with Crippen molar-refractivity contribution >= 4 is 0 Å². The summed E-state index contributed by atoms with van der Waals surface area (Å²) in [5.74, 6) is 0.806. The van der Waals surface area contributed by atoms with Crippen LogP contribution in [-0.4, -0.2) is 12.1 Å². The Kier molecular flexibility index (Phi) is 6.42. The van der Waals surface area contributed by atoms with Crippen molar-refractivity contribution in [2.45, 2.75) is 66.0 Å². The van der Waals surface area contributed by atoms with Crippen LogP contribution in [0.5, 0.6) is 0 Å². The van der Waals surface area contributed by atoms with Gasteiger partial charge in [-0.2, -0.15) is 0 Å². The Bertz CT molecular complexity index is 343. The minimum atomic E-state index is 0.549. The lowest BCUT2D eigenvalue weighted by atomic mass is 10.00. The fraction of sp³-hybridized carbons (Fsp3) is 0.647. The third-order valence-corrected chi connectivity index (χ3v) is 3.53. The molecule has 0 saturated carbocycles. The van der Waals surface area contributed by atoms with E-state index in [1.165, 1.54) is 24.0 Å². The summed E-state index contributed by atoms with van der Waals surface area (Å²) in [6, 6.07) is 9.86. The number of hydrogen-bond acceptors (Lipinski definition) is 1. The van der Waals surface area contributed by atoms with Gasteiger partial charge in [0.15, 0.2) is 0 Å². The van der Waals surface area contributed by atoms with Crippen molar-refractivity contribution < 1.29 is 0 Å².